The summed E-state index contributed by atoms with van der Waals surface area (Å²) in [6, 6.07) is 0. The van der Waals surface area contributed by atoms with E-state index < -0.39 is 15.4 Å². The highest BCUT2D eigenvalue weighted by Gasteiger charge is 2.26. The van der Waals surface area contributed by atoms with Crippen molar-refractivity contribution in [3.05, 3.63) is 0 Å². The third kappa shape index (κ3) is 2.57. The van der Waals surface area contributed by atoms with Crippen LogP contribution in [-0.2, 0) is 9.24 Å². The molecule has 0 aromatic rings. The Kier molecular flexibility index (Phi) is 2.72. The first-order chi connectivity index (χ1) is 5.00. The molecule has 0 N–H and O–H groups in total. The molecule has 6 heteroatoms. The van der Waals surface area contributed by atoms with Gasteiger partial charge in [0.25, 0.3) is 9.24 Å². The lowest BCUT2D eigenvalue weighted by Gasteiger charge is -2.25. The molecule has 0 bridgehead atoms. The maximum absolute atomic E-state index is 12.6. The maximum atomic E-state index is 12.6. The topological polar surface area (TPSA) is 37.4 Å². The predicted molar refractivity (Wildman–Crippen MR) is 40.5 cm³/mol. The number of rotatable bonds is 1. The summed E-state index contributed by atoms with van der Waals surface area (Å²) in [4.78, 5) is 0. The van der Waals surface area contributed by atoms with E-state index in [-0.39, 0.29) is 6.54 Å². The summed E-state index contributed by atoms with van der Waals surface area (Å²) in [5, 5.41) is 0. The molecule has 0 unspecified atom stereocenters. The van der Waals surface area contributed by atoms with Crippen LogP contribution in [0.5, 0.6) is 0 Å². The Morgan fingerprint density at radius 3 is 2.55 bits per heavy atom. The lowest BCUT2D eigenvalue weighted by Crippen LogP contribution is -2.38. The van der Waals surface area contributed by atoms with Crippen LogP contribution in [0.1, 0.15) is 12.8 Å². The van der Waals surface area contributed by atoms with Crippen LogP contribution >= 0.6 is 10.7 Å². The molecular weight excluding hydrogens is 193 g/mol. The fourth-order valence-corrected chi connectivity index (χ4v) is 2.15. The number of hydrogen-bond donors (Lipinski definition) is 0. The van der Waals surface area contributed by atoms with Crippen molar-refractivity contribution in [1.82, 2.24) is 4.31 Å². The summed E-state index contributed by atoms with van der Waals surface area (Å²) >= 11 is 0. The largest absolute Gasteiger partial charge is 0.299 e. The molecule has 0 spiro atoms. The van der Waals surface area contributed by atoms with Gasteiger partial charge in [-0.25, -0.2) is 4.39 Å². The lowest BCUT2D eigenvalue weighted by atomic mass is 10.1. The highest BCUT2D eigenvalue weighted by Crippen LogP contribution is 2.17. The van der Waals surface area contributed by atoms with Gasteiger partial charge in [-0.05, 0) is 12.8 Å². The molecule has 3 nitrogen and oxygen atoms in total. The van der Waals surface area contributed by atoms with E-state index in [0.717, 1.165) is 4.31 Å². The summed E-state index contributed by atoms with van der Waals surface area (Å²) in [6.45, 7) is 0.248. The molecule has 1 saturated heterocycles. The summed E-state index contributed by atoms with van der Waals surface area (Å²) < 4.78 is 34.9. The van der Waals surface area contributed by atoms with E-state index in [2.05, 4.69) is 0 Å². The third-order valence-electron chi connectivity index (χ3n) is 1.64. The molecule has 11 heavy (non-hydrogen) atoms. The van der Waals surface area contributed by atoms with E-state index in [9.17, 15) is 12.8 Å². The highest BCUT2D eigenvalue weighted by atomic mass is 35.7. The van der Waals surface area contributed by atoms with Gasteiger partial charge in [0.05, 0.1) is 0 Å². The second-order valence-electron chi connectivity index (χ2n) is 2.54. The molecule has 66 valence electrons. The Labute approximate surface area is 69.7 Å². The smallest absolute Gasteiger partial charge is 0.246 e. The number of alkyl halides is 1. The molecule has 0 aliphatic carbocycles. The Balaban J connectivity index is 2.60. The first-order valence-corrected chi connectivity index (χ1v) is 5.60. The van der Waals surface area contributed by atoms with Crippen LogP contribution < -0.4 is 0 Å². The van der Waals surface area contributed by atoms with Crippen molar-refractivity contribution in [3.8, 4) is 0 Å². The van der Waals surface area contributed by atoms with E-state index in [0.29, 0.717) is 19.4 Å². The molecule has 1 aliphatic heterocycles. The molecule has 1 rings (SSSR count). The minimum atomic E-state index is -3.69. The van der Waals surface area contributed by atoms with Crippen LogP contribution in [0.3, 0.4) is 0 Å². The molecule has 1 fully saturated rings. The van der Waals surface area contributed by atoms with Gasteiger partial charge in [-0.2, -0.15) is 12.7 Å². The SMILES string of the molecule is O=S(=O)(Cl)N1CCC[C@@H](F)C1. The lowest BCUT2D eigenvalue weighted by molar-refractivity contribution is 0.205. The van der Waals surface area contributed by atoms with Crippen LogP contribution in [0, 0.1) is 0 Å². The number of hydrogen-bond acceptors (Lipinski definition) is 2. The Hall–Kier alpha value is 0.130. The first-order valence-electron chi connectivity index (χ1n) is 3.34. The Morgan fingerprint density at radius 1 is 1.55 bits per heavy atom. The average molecular weight is 202 g/mol. The van der Waals surface area contributed by atoms with E-state index in [1.54, 1.807) is 0 Å². The van der Waals surface area contributed by atoms with Crippen LogP contribution in [-0.4, -0.2) is 32.0 Å². The highest BCUT2D eigenvalue weighted by molar-refractivity contribution is 8.11. The van der Waals surface area contributed by atoms with Crippen molar-refractivity contribution in [3.63, 3.8) is 0 Å². The summed E-state index contributed by atoms with van der Waals surface area (Å²) in [5.74, 6) is 0. The van der Waals surface area contributed by atoms with E-state index in [1.165, 1.54) is 0 Å². The van der Waals surface area contributed by atoms with Gasteiger partial charge in [0.2, 0.25) is 0 Å². The molecule has 0 amide bonds. The summed E-state index contributed by atoms with van der Waals surface area (Å²) in [6.07, 6.45) is -0.0759. The maximum Gasteiger partial charge on any atom is 0.299 e. The number of halogens is 2. The van der Waals surface area contributed by atoms with Crippen molar-refractivity contribution in [2.75, 3.05) is 13.1 Å². The van der Waals surface area contributed by atoms with Gasteiger partial charge in [-0.1, -0.05) is 0 Å². The van der Waals surface area contributed by atoms with Crippen molar-refractivity contribution < 1.29 is 12.8 Å². The second kappa shape index (κ2) is 3.25. The second-order valence-corrected chi connectivity index (χ2v) is 5.05. The van der Waals surface area contributed by atoms with Gasteiger partial charge < -0.3 is 0 Å². The van der Waals surface area contributed by atoms with Crippen LogP contribution in [0.15, 0.2) is 0 Å². The molecule has 1 aliphatic rings. The zero-order chi connectivity index (χ0) is 8.48. The van der Waals surface area contributed by atoms with E-state index in [4.69, 9.17) is 10.7 Å². The van der Waals surface area contributed by atoms with Gasteiger partial charge in [-0.15, -0.1) is 0 Å². The first kappa shape index (κ1) is 9.22. The van der Waals surface area contributed by atoms with Crippen LogP contribution in [0.2, 0.25) is 0 Å². The standard InChI is InChI=1S/C5H9ClFNO2S/c6-11(9,10)8-3-1-2-5(7)4-8/h5H,1-4H2/t5-/m1/s1. The minimum Gasteiger partial charge on any atom is -0.246 e. The monoisotopic (exact) mass is 201 g/mol. The van der Waals surface area contributed by atoms with E-state index >= 15 is 0 Å². The third-order valence-corrected chi connectivity index (χ3v) is 3.17. The van der Waals surface area contributed by atoms with Crippen molar-refractivity contribution >= 4 is 19.9 Å². The van der Waals surface area contributed by atoms with Gasteiger partial charge in [-0.3, -0.25) is 0 Å². The van der Waals surface area contributed by atoms with Gasteiger partial charge in [0.15, 0.2) is 0 Å². The zero-order valence-corrected chi connectivity index (χ0v) is 7.41. The van der Waals surface area contributed by atoms with E-state index in [1.807, 2.05) is 0 Å². The van der Waals surface area contributed by atoms with Crippen molar-refractivity contribution in [2.24, 2.45) is 0 Å². The van der Waals surface area contributed by atoms with Gasteiger partial charge in [0.1, 0.15) is 6.17 Å². The molecular formula is C5H9ClFNO2S. The van der Waals surface area contributed by atoms with Crippen LogP contribution in [0.25, 0.3) is 0 Å². The molecule has 0 saturated carbocycles. The van der Waals surface area contributed by atoms with Gasteiger partial charge in [0, 0.05) is 23.8 Å². The van der Waals surface area contributed by atoms with Gasteiger partial charge >= 0.3 is 0 Å². The Bertz CT molecular complexity index is 231. The summed E-state index contributed by atoms with van der Waals surface area (Å²) in [5.41, 5.74) is 0. The molecule has 1 atom stereocenters. The van der Waals surface area contributed by atoms with Crippen molar-refractivity contribution in [1.29, 1.82) is 0 Å². The normalized spacial score (nSPS) is 28.7. The fourth-order valence-electron chi connectivity index (χ4n) is 1.09. The van der Waals surface area contributed by atoms with Crippen molar-refractivity contribution in [2.45, 2.75) is 19.0 Å². The number of nitrogens with zero attached hydrogens (tertiary/aromatic N) is 1. The molecule has 0 aromatic carbocycles. The van der Waals surface area contributed by atoms with Crippen LogP contribution in [0.4, 0.5) is 4.39 Å². The minimum absolute atomic E-state index is 0.0914. The predicted octanol–water partition coefficient (Wildman–Crippen LogP) is 0.904. The molecule has 0 radical (unpaired) electrons. The quantitative estimate of drug-likeness (QED) is 0.592. The molecule has 0 aromatic heterocycles. The molecule has 1 heterocycles. The fraction of sp³-hybridized carbons (Fsp3) is 1.00. The zero-order valence-electron chi connectivity index (χ0n) is 5.83. The number of piperidine rings is 1. The summed E-state index contributed by atoms with van der Waals surface area (Å²) in [7, 11) is 1.32. The average Bonchev–Trinajstić information content (AvgIpc) is 1.86. The Morgan fingerprint density at radius 2 is 2.18 bits per heavy atom.